The van der Waals surface area contributed by atoms with Crippen molar-refractivity contribution in [3.8, 4) is 0 Å². The summed E-state index contributed by atoms with van der Waals surface area (Å²) >= 11 is 0. The van der Waals surface area contributed by atoms with Crippen molar-refractivity contribution in [2.24, 2.45) is 11.8 Å². The van der Waals surface area contributed by atoms with E-state index in [4.69, 9.17) is 0 Å². The average molecular weight is 493 g/mol. The number of rotatable bonds is 8. The molecule has 8 heteroatoms. The highest BCUT2D eigenvalue weighted by Crippen LogP contribution is 2.29. The van der Waals surface area contributed by atoms with Crippen molar-refractivity contribution in [3.05, 3.63) is 59.6 Å². The van der Waals surface area contributed by atoms with Gasteiger partial charge in [-0.05, 0) is 67.5 Å². The fourth-order valence-electron chi connectivity index (χ4n) is 4.85. The lowest BCUT2D eigenvalue weighted by molar-refractivity contribution is -0.133. The number of piperidine rings is 1. The van der Waals surface area contributed by atoms with Crippen LogP contribution in [0.2, 0.25) is 0 Å². The van der Waals surface area contributed by atoms with Gasteiger partial charge in [-0.25, -0.2) is 4.39 Å². The molecule has 1 aromatic heterocycles. The summed E-state index contributed by atoms with van der Waals surface area (Å²) in [4.78, 5) is 16.3. The van der Waals surface area contributed by atoms with Crippen molar-refractivity contribution in [1.29, 1.82) is 0 Å². The number of carbonyl (C=O) groups is 1. The van der Waals surface area contributed by atoms with Crippen molar-refractivity contribution >= 4 is 28.8 Å². The first-order valence-corrected chi connectivity index (χ1v) is 12.8. The van der Waals surface area contributed by atoms with E-state index in [1.54, 1.807) is 11.0 Å². The minimum atomic E-state index is -0.145. The number of aromatic nitrogens is 2. The Kier molecular flexibility index (Phi) is 8.23. The van der Waals surface area contributed by atoms with Crippen LogP contribution in [0.3, 0.4) is 0 Å². The van der Waals surface area contributed by atoms with Gasteiger partial charge in [0, 0.05) is 57.1 Å². The van der Waals surface area contributed by atoms with Gasteiger partial charge in [0.05, 0.1) is 11.4 Å². The Balaban J connectivity index is 1.38. The minimum Gasteiger partial charge on any atom is -0.380 e. The van der Waals surface area contributed by atoms with E-state index in [9.17, 15) is 9.18 Å². The number of nitrogens with one attached hydrogen (secondary N) is 2. The summed E-state index contributed by atoms with van der Waals surface area (Å²) in [6.45, 7) is 6.28. The second kappa shape index (κ2) is 11.5. The molecule has 36 heavy (non-hydrogen) atoms. The van der Waals surface area contributed by atoms with Crippen molar-refractivity contribution < 1.29 is 9.18 Å². The predicted molar refractivity (Wildman–Crippen MR) is 144 cm³/mol. The zero-order valence-corrected chi connectivity index (χ0v) is 21.7. The van der Waals surface area contributed by atoms with Crippen LogP contribution in [0.4, 0.5) is 27.3 Å². The number of anilines is 4. The summed E-state index contributed by atoms with van der Waals surface area (Å²) in [5, 5.41) is 15.4. The number of halogens is 1. The van der Waals surface area contributed by atoms with E-state index >= 15 is 0 Å². The molecule has 7 nitrogen and oxygen atoms in total. The van der Waals surface area contributed by atoms with Crippen LogP contribution in [0.15, 0.2) is 53.9 Å². The fourth-order valence-corrected chi connectivity index (χ4v) is 4.85. The number of allylic oxidation sites excluding steroid dienone is 3. The van der Waals surface area contributed by atoms with E-state index in [0.717, 1.165) is 67.1 Å². The van der Waals surface area contributed by atoms with Gasteiger partial charge >= 0.3 is 0 Å². The molecule has 2 heterocycles. The van der Waals surface area contributed by atoms with E-state index < -0.39 is 0 Å². The summed E-state index contributed by atoms with van der Waals surface area (Å²) in [5.74, 6) is 1.02. The molecule has 0 saturated carbocycles. The molecule has 4 rings (SSSR count). The highest BCUT2D eigenvalue weighted by molar-refractivity contribution is 5.78. The second-order valence-electron chi connectivity index (χ2n) is 9.88. The third-order valence-electron chi connectivity index (χ3n) is 7.12. The highest BCUT2D eigenvalue weighted by atomic mass is 19.1. The van der Waals surface area contributed by atoms with E-state index in [2.05, 4.69) is 37.9 Å². The van der Waals surface area contributed by atoms with Crippen molar-refractivity contribution in [1.82, 2.24) is 15.1 Å². The van der Waals surface area contributed by atoms with Crippen LogP contribution in [-0.4, -0.2) is 54.7 Å². The van der Waals surface area contributed by atoms with Crippen LogP contribution in [0.5, 0.6) is 0 Å². The van der Waals surface area contributed by atoms with Crippen LogP contribution in [0.1, 0.15) is 38.8 Å². The molecule has 1 saturated heterocycles. The van der Waals surface area contributed by atoms with Gasteiger partial charge in [0.2, 0.25) is 5.91 Å². The molecule has 0 bridgehead atoms. The van der Waals surface area contributed by atoms with Crippen LogP contribution >= 0.6 is 0 Å². The number of carbonyl (C=O) groups excluding carboxylic acids is 1. The van der Waals surface area contributed by atoms with Crippen LogP contribution in [-0.2, 0) is 11.2 Å². The Labute approximate surface area is 213 Å². The lowest BCUT2D eigenvalue weighted by atomic mass is 9.92. The third kappa shape index (κ3) is 6.04. The van der Waals surface area contributed by atoms with Gasteiger partial charge in [-0.1, -0.05) is 19.9 Å². The van der Waals surface area contributed by atoms with Crippen molar-refractivity contribution in [3.63, 3.8) is 0 Å². The van der Waals surface area contributed by atoms with Crippen LogP contribution < -0.4 is 15.5 Å². The Bertz CT molecular complexity index is 1120. The summed E-state index contributed by atoms with van der Waals surface area (Å²) in [7, 11) is 3.65. The van der Waals surface area contributed by atoms with Gasteiger partial charge in [0.25, 0.3) is 0 Å². The highest BCUT2D eigenvalue weighted by Gasteiger charge is 2.26. The van der Waals surface area contributed by atoms with E-state index in [1.807, 2.05) is 52.2 Å². The standard InChI is InChI=1S/C28H37FN6O/c1-5-25-26(30-18-23-19(2)7-6-8-24(23)29)17-27(33-32-25)31-21-9-11-22(12-10-21)35-15-13-20(14-16-35)28(36)34(3)4/h6,8-12,17,19-20H,5,7,13-16,18H2,1-4H3,(H2,30,31,33). The smallest absolute Gasteiger partial charge is 0.225 e. The summed E-state index contributed by atoms with van der Waals surface area (Å²) in [5.41, 5.74) is 4.57. The summed E-state index contributed by atoms with van der Waals surface area (Å²) in [6.07, 6.45) is 6.79. The lowest BCUT2D eigenvalue weighted by Gasteiger charge is -2.34. The van der Waals surface area contributed by atoms with Crippen LogP contribution in [0.25, 0.3) is 0 Å². The molecular formula is C28H37FN6O. The monoisotopic (exact) mass is 492 g/mol. The first-order chi connectivity index (χ1) is 17.4. The number of amides is 1. The van der Waals surface area contributed by atoms with E-state index in [1.165, 1.54) is 0 Å². The zero-order chi connectivity index (χ0) is 25.7. The molecule has 2 N–H and O–H groups in total. The molecule has 2 aliphatic rings. The SMILES string of the molecule is CCc1nnc(Nc2ccc(N3CCC(C(=O)N(C)C)CC3)cc2)cc1NCC1=C(F)C=CCC1C. The normalized spacial score (nSPS) is 18.4. The average Bonchev–Trinajstić information content (AvgIpc) is 2.88. The third-order valence-corrected chi connectivity index (χ3v) is 7.12. The van der Waals surface area contributed by atoms with E-state index in [-0.39, 0.29) is 23.6 Å². The lowest BCUT2D eigenvalue weighted by Crippen LogP contribution is -2.40. The number of nitrogens with zero attached hydrogens (tertiary/aromatic N) is 4. The molecule has 0 radical (unpaired) electrons. The molecule has 1 unspecified atom stereocenters. The number of benzene rings is 1. The quantitative estimate of drug-likeness (QED) is 0.520. The molecule has 1 fully saturated rings. The Morgan fingerprint density at radius 3 is 2.53 bits per heavy atom. The molecule has 1 aliphatic heterocycles. The maximum Gasteiger partial charge on any atom is 0.225 e. The van der Waals surface area contributed by atoms with Crippen LogP contribution in [0, 0.1) is 11.8 Å². The van der Waals surface area contributed by atoms with Gasteiger partial charge in [0.15, 0.2) is 5.82 Å². The first kappa shape index (κ1) is 25.7. The topological polar surface area (TPSA) is 73.4 Å². The van der Waals surface area contributed by atoms with Gasteiger partial charge in [0.1, 0.15) is 5.83 Å². The Morgan fingerprint density at radius 2 is 1.89 bits per heavy atom. The number of hydrogen-bond donors (Lipinski definition) is 2. The summed E-state index contributed by atoms with van der Waals surface area (Å²) < 4.78 is 14.3. The molecule has 1 aromatic carbocycles. The first-order valence-electron chi connectivity index (χ1n) is 12.8. The van der Waals surface area contributed by atoms with Gasteiger partial charge in [-0.15, -0.1) is 5.10 Å². The molecule has 1 aliphatic carbocycles. The van der Waals surface area contributed by atoms with E-state index in [0.29, 0.717) is 12.4 Å². The molecule has 1 amide bonds. The summed E-state index contributed by atoms with van der Waals surface area (Å²) in [6, 6.07) is 10.2. The van der Waals surface area contributed by atoms with Gasteiger partial charge < -0.3 is 20.4 Å². The second-order valence-corrected chi connectivity index (χ2v) is 9.88. The number of aryl methyl sites for hydroxylation is 1. The number of hydrogen-bond acceptors (Lipinski definition) is 6. The Hall–Kier alpha value is -3.42. The van der Waals surface area contributed by atoms with Gasteiger partial charge in [-0.2, -0.15) is 5.10 Å². The van der Waals surface area contributed by atoms with Crippen molar-refractivity contribution in [2.45, 2.75) is 39.5 Å². The maximum atomic E-state index is 14.3. The molecular weight excluding hydrogens is 455 g/mol. The van der Waals surface area contributed by atoms with Crippen molar-refractivity contribution in [2.75, 3.05) is 49.3 Å². The molecule has 1 atom stereocenters. The fraction of sp³-hybridized carbons (Fsp3) is 0.464. The predicted octanol–water partition coefficient (Wildman–Crippen LogP) is 5.32. The van der Waals surface area contributed by atoms with Gasteiger partial charge in [-0.3, -0.25) is 4.79 Å². The zero-order valence-electron chi connectivity index (χ0n) is 21.7. The molecule has 0 spiro atoms. The Morgan fingerprint density at radius 1 is 1.17 bits per heavy atom. The molecule has 192 valence electrons. The molecule has 2 aromatic rings. The largest absolute Gasteiger partial charge is 0.380 e. The maximum absolute atomic E-state index is 14.3. The minimum absolute atomic E-state index is 0.121.